The van der Waals surface area contributed by atoms with Gasteiger partial charge in [-0.25, -0.2) is 19.5 Å². The average molecular weight is 391 g/mol. The van der Waals surface area contributed by atoms with Crippen LogP contribution in [0.3, 0.4) is 0 Å². The number of ether oxygens (including phenoxy) is 1. The highest BCUT2D eigenvalue weighted by Gasteiger charge is 2.32. The van der Waals surface area contributed by atoms with E-state index in [0.29, 0.717) is 29.8 Å². The lowest BCUT2D eigenvalue weighted by Crippen LogP contribution is -2.16. The quantitative estimate of drug-likeness (QED) is 0.607. The average Bonchev–Trinajstić information content (AvgIpc) is 3.28. The van der Waals surface area contributed by atoms with Crippen LogP contribution in [-0.4, -0.2) is 37.1 Å². The summed E-state index contributed by atoms with van der Waals surface area (Å²) in [7, 11) is -4.23. The van der Waals surface area contributed by atoms with Gasteiger partial charge < -0.3 is 15.0 Å². The van der Waals surface area contributed by atoms with Gasteiger partial charge >= 0.3 is 7.82 Å². The van der Waals surface area contributed by atoms with Crippen molar-refractivity contribution in [2.45, 2.75) is 25.2 Å². The van der Waals surface area contributed by atoms with Crippen LogP contribution in [0.2, 0.25) is 0 Å². The van der Waals surface area contributed by atoms with Crippen molar-refractivity contribution < 1.29 is 23.2 Å². The van der Waals surface area contributed by atoms with Gasteiger partial charge in [-0.15, -0.1) is 0 Å². The van der Waals surface area contributed by atoms with Gasteiger partial charge in [0, 0.05) is 0 Å². The molecule has 1 saturated heterocycles. The zero-order chi connectivity index (χ0) is 18.9. The number of nitrogens with zero attached hydrogens (tertiary/aromatic N) is 4. The summed E-state index contributed by atoms with van der Waals surface area (Å²) in [6, 6.07) is 8.33. The van der Waals surface area contributed by atoms with Crippen molar-refractivity contribution in [3.8, 4) is 5.75 Å². The maximum Gasteiger partial charge on any atom is 0.527 e. The summed E-state index contributed by atoms with van der Waals surface area (Å²) in [4.78, 5) is 22.2. The van der Waals surface area contributed by atoms with Crippen LogP contribution < -0.4 is 10.3 Å². The Morgan fingerprint density at radius 3 is 2.89 bits per heavy atom. The molecule has 4 rings (SSSR count). The standard InChI is InChI=1S/C16H18N5O5P/c17-15-14-16(19-9-18-15)21(10-20-14)13-7-6-12(25-13)8-24-27(22,23)26-11-4-2-1-3-5-11/h1-5,9-10,12-13H,6-8H2,(H,22,23)(H2,17,18,19)/t12-,13+/m0/s1. The fraction of sp³-hybridized carbons (Fsp3) is 0.312. The van der Waals surface area contributed by atoms with Crippen molar-refractivity contribution in [3.63, 3.8) is 0 Å². The third-order valence-corrected chi connectivity index (χ3v) is 5.09. The molecule has 0 spiro atoms. The normalized spacial score (nSPS) is 22.0. The Hall–Kier alpha value is -2.52. The van der Waals surface area contributed by atoms with Crippen LogP contribution in [-0.2, 0) is 13.8 Å². The second kappa shape index (κ2) is 7.24. The highest BCUT2D eigenvalue weighted by molar-refractivity contribution is 7.47. The smallest absolute Gasteiger partial charge is 0.404 e. The molecule has 1 aliphatic heterocycles. The van der Waals surface area contributed by atoms with Gasteiger partial charge in [0.25, 0.3) is 0 Å². The van der Waals surface area contributed by atoms with E-state index < -0.39 is 7.82 Å². The number of hydrogen-bond donors (Lipinski definition) is 2. The summed E-state index contributed by atoms with van der Waals surface area (Å²) in [6.07, 6.45) is 3.62. The number of hydrogen-bond acceptors (Lipinski definition) is 8. The van der Waals surface area contributed by atoms with Gasteiger partial charge in [0.2, 0.25) is 0 Å². The molecule has 0 bridgehead atoms. The molecule has 2 aromatic heterocycles. The Morgan fingerprint density at radius 1 is 1.26 bits per heavy atom. The summed E-state index contributed by atoms with van der Waals surface area (Å²) < 4.78 is 29.9. The van der Waals surface area contributed by atoms with E-state index in [1.54, 1.807) is 41.2 Å². The molecule has 27 heavy (non-hydrogen) atoms. The minimum absolute atomic E-state index is 0.0686. The van der Waals surface area contributed by atoms with E-state index in [1.165, 1.54) is 6.33 Å². The number of phosphoric ester groups is 1. The minimum atomic E-state index is -4.23. The number of benzene rings is 1. The maximum absolute atomic E-state index is 12.1. The number of fused-ring (bicyclic) bond motifs is 1. The van der Waals surface area contributed by atoms with E-state index in [4.69, 9.17) is 19.5 Å². The fourth-order valence-corrected chi connectivity index (χ4v) is 3.71. The molecular formula is C16H18N5O5P. The Balaban J connectivity index is 1.37. The highest BCUT2D eigenvalue weighted by atomic mass is 31.2. The topological polar surface area (TPSA) is 135 Å². The van der Waals surface area contributed by atoms with E-state index in [2.05, 4.69) is 15.0 Å². The molecule has 1 fully saturated rings. The lowest BCUT2D eigenvalue weighted by molar-refractivity contribution is -0.0200. The minimum Gasteiger partial charge on any atom is -0.404 e. The fourth-order valence-electron chi connectivity index (χ4n) is 2.91. The number of phosphoric acid groups is 1. The number of nitrogens with two attached hydrogens (primary N) is 1. The third-order valence-electron chi connectivity index (χ3n) is 4.17. The summed E-state index contributed by atoms with van der Waals surface area (Å²) in [5.41, 5.74) is 6.88. The Kier molecular flexibility index (Phi) is 4.79. The van der Waals surface area contributed by atoms with Gasteiger partial charge in [-0.2, -0.15) is 0 Å². The summed E-state index contributed by atoms with van der Waals surface area (Å²) in [5, 5.41) is 0. The van der Waals surface area contributed by atoms with Crippen LogP contribution in [0.1, 0.15) is 19.1 Å². The van der Waals surface area contributed by atoms with Gasteiger partial charge in [0.15, 0.2) is 11.5 Å². The summed E-state index contributed by atoms with van der Waals surface area (Å²) in [5.74, 6) is 0.562. The molecule has 3 aromatic rings. The second-order valence-corrected chi connectivity index (χ2v) is 7.42. The number of para-hydroxylation sites is 1. The lowest BCUT2D eigenvalue weighted by Gasteiger charge is -2.17. The largest absolute Gasteiger partial charge is 0.527 e. The van der Waals surface area contributed by atoms with Crippen LogP contribution >= 0.6 is 7.82 Å². The van der Waals surface area contributed by atoms with E-state index in [1.807, 2.05) is 0 Å². The van der Waals surface area contributed by atoms with E-state index in [9.17, 15) is 9.46 Å². The van der Waals surface area contributed by atoms with E-state index >= 15 is 0 Å². The maximum atomic E-state index is 12.1. The van der Waals surface area contributed by atoms with Gasteiger partial charge in [-0.05, 0) is 25.0 Å². The lowest BCUT2D eigenvalue weighted by atomic mass is 10.2. The van der Waals surface area contributed by atoms with Crippen molar-refractivity contribution in [3.05, 3.63) is 43.0 Å². The molecule has 1 aliphatic rings. The van der Waals surface area contributed by atoms with Crippen LogP contribution in [0, 0.1) is 0 Å². The van der Waals surface area contributed by atoms with E-state index in [-0.39, 0.29) is 24.7 Å². The zero-order valence-corrected chi connectivity index (χ0v) is 15.1. The predicted octanol–water partition coefficient (Wildman–Crippen LogP) is 2.28. The molecule has 0 aliphatic carbocycles. The van der Waals surface area contributed by atoms with Crippen LogP contribution in [0.15, 0.2) is 43.0 Å². The molecule has 1 unspecified atom stereocenters. The van der Waals surface area contributed by atoms with Crippen LogP contribution in [0.5, 0.6) is 5.75 Å². The molecule has 11 heteroatoms. The Morgan fingerprint density at radius 2 is 2.07 bits per heavy atom. The predicted molar refractivity (Wildman–Crippen MR) is 95.7 cm³/mol. The SMILES string of the molecule is Nc1ncnc2c1ncn2[C@H]1CC[C@@H](COP(=O)(O)Oc2ccccc2)O1. The Bertz CT molecular complexity index is 982. The number of aromatic nitrogens is 4. The summed E-state index contributed by atoms with van der Waals surface area (Å²) >= 11 is 0. The van der Waals surface area contributed by atoms with Gasteiger partial charge in [0.1, 0.15) is 23.8 Å². The van der Waals surface area contributed by atoms with Crippen molar-refractivity contribution in [2.24, 2.45) is 0 Å². The molecule has 0 amide bonds. The number of imidazole rings is 1. The van der Waals surface area contributed by atoms with Crippen molar-refractivity contribution in [1.82, 2.24) is 19.5 Å². The van der Waals surface area contributed by atoms with Crippen molar-refractivity contribution in [2.75, 3.05) is 12.3 Å². The Labute approximate surface area is 154 Å². The van der Waals surface area contributed by atoms with Crippen LogP contribution in [0.25, 0.3) is 11.2 Å². The van der Waals surface area contributed by atoms with Crippen LogP contribution in [0.4, 0.5) is 5.82 Å². The first-order valence-electron chi connectivity index (χ1n) is 8.32. The third kappa shape index (κ3) is 3.93. The molecule has 0 radical (unpaired) electrons. The molecule has 3 atom stereocenters. The molecular weight excluding hydrogens is 373 g/mol. The first-order valence-corrected chi connectivity index (χ1v) is 9.82. The molecule has 3 heterocycles. The molecule has 10 nitrogen and oxygen atoms in total. The number of rotatable bonds is 6. The monoisotopic (exact) mass is 391 g/mol. The van der Waals surface area contributed by atoms with Gasteiger partial charge in [-0.3, -0.25) is 14.0 Å². The van der Waals surface area contributed by atoms with Gasteiger partial charge in [0.05, 0.1) is 19.0 Å². The molecule has 1 aromatic carbocycles. The van der Waals surface area contributed by atoms with Gasteiger partial charge in [-0.1, -0.05) is 18.2 Å². The first kappa shape index (κ1) is 17.9. The number of nitrogen functional groups attached to an aromatic ring is 1. The van der Waals surface area contributed by atoms with E-state index in [0.717, 1.165) is 0 Å². The highest BCUT2D eigenvalue weighted by Crippen LogP contribution is 2.44. The van der Waals surface area contributed by atoms with Crippen molar-refractivity contribution in [1.29, 1.82) is 0 Å². The molecule has 142 valence electrons. The van der Waals surface area contributed by atoms with Crippen molar-refractivity contribution >= 4 is 24.8 Å². The summed E-state index contributed by atoms with van der Waals surface area (Å²) in [6.45, 7) is -0.0686. The zero-order valence-electron chi connectivity index (χ0n) is 14.2. The number of anilines is 1. The molecule has 0 saturated carbocycles. The molecule has 3 N–H and O–H groups in total. The first-order chi connectivity index (χ1) is 13.0. The second-order valence-electron chi connectivity index (χ2n) is 6.04.